The highest BCUT2D eigenvalue weighted by atomic mass is 79.9. The number of hydrogen-bond donors (Lipinski definition) is 0. The molecule has 0 aliphatic rings. The minimum atomic E-state index is 0.375. The van der Waals surface area contributed by atoms with Gasteiger partial charge >= 0.3 is 0 Å². The summed E-state index contributed by atoms with van der Waals surface area (Å²) in [5.41, 5.74) is 1.29. The zero-order chi connectivity index (χ0) is 12.7. The van der Waals surface area contributed by atoms with E-state index in [1.54, 1.807) is 0 Å². The standard InChI is InChI=1S/C11H9BrS.C2H4O2/c1-8-10(12)7-11(13-8)9-5-3-2-4-6-9;1-4-2-3/h2-7H,1H3;2H,1H3. The van der Waals surface area contributed by atoms with Crippen LogP contribution in [0.15, 0.2) is 40.9 Å². The fraction of sp³-hybridized carbons (Fsp3) is 0.154. The number of thiophene rings is 1. The predicted octanol–water partition coefficient (Wildman–Crippen LogP) is 4.28. The molecule has 2 aromatic rings. The summed E-state index contributed by atoms with van der Waals surface area (Å²) in [4.78, 5) is 11.6. The summed E-state index contributed by atoms with van der Waals surface area (Å²) in [7, 11) is 1.31. The van der Waals surface area contributed by atoms with Crippen molar-refractivity contribution >= 4 is 33.7 Å². The Labute approximate surface area is 113 Å². The minimum absolute atomic E-state index is 0.375. The van der Waals surface area contributed by atoms with Crippen molar-refractivity contribution in [2.75, 3.05) is 7.11 Å². The first-order valence-electron chi connectivity index (χ1n) is 4.96. The maximum absolute atomic E-state index is 8.95. The first-order valence-corrected chi connectivity index (χ1v) is 6.57. The number of ether oxygens (including phenoxy) is 1. The maximum Gasteiger partial charge on any atom is 0.292 e. The van der Waals surface area contributed by atoms with Crippen LogP contribution in [0.2, 0.25) is 0 Å². The Kier molecular flexibility index (Phi) is 5.94. The van der Waals surface area contributed by atoms with Crippen molar-refractivity contribution in [3.05, 3.63) is 45.7 Å². The molecule has 2 rings (SSSR count). The molecule has 0 spiro atoms. The summed E-state index contributed by atoms with van der Waals surface area (Å²) >= 11 is 5.34. The van der Waals surface area contributed by atoms with Gasteiger partial charge in [0.15, 0.2) is 0 Å². The number of carbonyl (C=O) groups is 1. The highest BCUT2D eigenvalue weighted by molar-refractivity contribution is 9.10. The van der Waals surface area contributed by atoms with Crippen molar-refractivity contribution in [1.29, 1.82) is 0 Å². The van der Waals surface area contributed by atoms with Crippen LogP contribution >= 0.6 is 27.3 Å². The van der Waals surface area contributed by atoms with E-state index in [4.69, 9.17) is 4.79 Å². The molecule has 17 heavy (non-hydrogen) atoms. The molecule has 2 nitrogen and oxygen atoms in total. The van der Waals surface area contributed by atoms with E-state index >= 15 is 0 Å². The van der Waals surface area contributed by atoms with Crippen LogP contribution in [0, 0.1) is 6.92 Å². The third kappa shape index (κ3) is 4.32. The summed E-state index contributed by atoms with van der Waals surface area (Å²) in [6.07, 6.45) is 0. The summed E-state index contributed by atoms with van der Waals surface area (Å²) in [6.45, 7) is 2.50. The first kappa shape index (κ1) is 13.9. The number of aryl methyl sites for hydroxylation is 1. The van der Waals surface area contributed by atoms with E-state index in [-0.39, 0.29) is 0 Å². The van der Waals surface area contributed by atoms with Crippen LogP contribution in [-0.2, 0) is 9.53 Å². The molecule has 1 heterocycles. The van der Waals surface area contributed by atoms with Crippen LogP contribution in [0.3, 0.4) is 0 Å². The molecule has 0 unspecified atom stereocenters. The van der Waals surface area contributed by atoms with Gasteiger partial charge in [-0.3, -0.25) is 4.79 Å². The molecule has 0 fully saturated rings. The van der Waals surface area contributed by atoms with Crippen molar-refractivity contribution in [2.45, 2.75) is 6.92 Å². The van der Waals surface area contributed by atoms with Gasteiger partial charge < -0.3 is 4.74 Å². The Balaban J connectivity index is 0.000000317. The first-order chi connectivity index (χ1) is 8.19. The van der Waals surface area contributed by atoms with Crippen LogP contribution in [0.4, 0.5) is 0 Å². The largest absolute Gasteiger partial charge is 0.471 e. The molecular weight excluding hydrogens is 300 g/mol. The Morgan fingerprint density at radius 3 is 2.29 bits per heavy atom. The van der Waals surface area contributed by atoms with Crippen LogP contribution in [0.25, 0.3) is 10.4 Å². The van der Waals surface area contributed by atoms with Gasteiger partial charge in [0.1, 0.15) is 0 Å². The second kappa shape index (κ2) is 7.25. The van der Waals surface area contributed by atoms with Gasteiger partial charge in [0.05, 0.1) is 7.11 Å². The lowest BCUT2D eigenvalue weighted by atomic mass is 10.2. The third-order valence-corrected chi connectivity index (χ3v) is 4.20. The van der Waals surface area contributed by atoms with Crippen LogP contribution < -0.4 is 0 Å². The van der Waals surface area contributed by atoms with E-state index in [1.807, 2.05) is 17.4 Å². The molecule has 0 saturated carbocycles. The van der Waals surface area contributed by atoms with Crippen molar-refractivity contribution < 1.29 is 9.53 Å². The number of hydrogen-bond acceptors (Lipinski definition) is 3. The average Bonchev–Trinajstić information content (AvgIpc) is 2.71. The molecule has 4 heteroatoms. The maximum atomic E-state index is 8.95. The Morgan fingerprint density at radius 2 is 1.88 bits per heavy atom. The molecule has 0 aliphatic heterocycles. The van der Waals surface area contributed by atoms with Crippen LogP contribution in [0.1, 0.15) is 4.88 Å². The molecule has 1 aromatic heterocycles. The Morgan fingerprint density at radius 1 is 1.29 bits per heavy atom. The number of rotatable bonds is 2. The molecule has 0 atom stereocenters. The number of carbonyl (C=O) groups excluding carboxylic acids is 1. The van der Waals surface area contributed by atoms with Gasteiger partial charge in [0.2, 0.25) is 0 Å². The Bertz CT molecular complexity index is 446. The average molecular weight is 313 g/mol. The van der Waals surface area contributed by atoms with Gasteiger partial charge in [-0.25, -0.2) is 0 Å². The fourth-order valence-corrected chi connectivity index (χ4v) is 2.74. The highest BCUT2D eigenvalue weighted by Crippen LogP contribution is 2.33. The summed E-state index contributed by atoms with van der Waals surface area (Å²) in [5, 5.41) is 0. The molecule has 0 saturated heterocycles. The molecule has 0 bridgehead atoms. The monoisotopic (exact) mass is 312 g/mol. The Hall–Kier alpha value is -1.13. The summed E-state index contributed by atoms with van der Waals surface area (Å²) < 4.78 is 5.07. The van der Waals surface area contributed by atoms with Crippen LogP contribution in [0.5, 0.6) is 0 Å². The molecule has 0 N–H and O–H groups in total. The van der Waals surface area contributed by atoms with Crippen molar-refractivity contribution in [2.24, 2.45) is 0 Å². The normalized spacial score (nSPS) is 9.12. The molecule has 0 amide bonds. The van der Waals surface area contributed by atoms with E-state index in [0.29, 0.717) is 6.47 Å². The lowest BCUT2D eigenvalue weighted by Gasteiger charge is -1.93. The second-order valence-corrected chi connectivity index (χ2v) is 5.32. The summed E-state index contributed by atoms with van der Waals surface area (Å²) in [6, 6.07) is 12.6. The van der Waals surface area contributed by atoms with Gasteiger partial charge in [-0.2, -0.15) is 0 Å². The van der Waals surface area contributed by atoms with Crippen molar-refractivity contribution in [3.63, 3.8) is 0 Å². The van der Waals surface area contributed by atoms with Crippen molar-refractivity contribution in [3.8, 4) is 10.4 Å². The molecular formula is C13H13BrO2S. The second-order valence-electron chi connectivity index (χ2n) is 3.21. The topological polar surface area (TPSA) is 26.3 Å². The number of halogens is 1. The van der Waals surface area contributed by atoms with Crippen molar-refractivity contribution in [1.82, 2.24) is 0 Å². The highest BCUT2D eigenvalue weighted by Gasteiger charge is 2.03. The van der Waals surface area contributed by atoms with E-state index in [2.05, 4.69) is 57.9 Å². The lowest BCUT2D eigenvalue weighted by molar-refractivity contribution is -0.126. The minimum Gasteiger partial charge on any atom is -0.471 e. The van der Waals surface area contributed by atoms with E-state index in [9.17, 15) is 0 Å². The third-order valence-electron chi connectivity index (χ3n) is 2.01. The van der Waals surface area contributed by atoms with E-state index in [0.717, 1.165) is 0 Å². The SMILES string of the molecule is COC=O.Cc1sc(-c2ccccc2)cc1Br. The quantitative estimate of drug-likeness (QED) is 0.774. The molecule has 0 radical (unpaired) electrons. The molecule has 0 aliphatic carbocycles. The summed E-state index contributed by atoms with van der Waals surface area (Å²) in [5.74, 6) is 0. The smallest absolute Gasteiger partial charge is 0.292 e. The van der Waals surface area contributed by atoms with Gasteiger partial charge in [-0.05, 0) is 34.5 Å². The zero-order valence-corrected chi connectivity index (χ0v) is 12.0. The number of benzene rings is 1. The van der Waals surface area contributed by atoms with E-state index < -0.39 is 0 Å². The predicted molar refractivity (Wildman–Crippen MR) is 75.3 cm³/mol. The van der Waals surface area contributed by atoms with Gasteiger partial charge in [-0.15, -0.1) is 11.3 Å². The van der Waals surface area contributed by atoms with Gasteiger partial charge in [0.25, 0.3) is 6.47 Å². The van der Waals surface area contributed by atoms with Gasteiger partial charge in [0, 0.05) is 14.2 Å². The van der Waals surface area contributed by atoms with Crippen LogP contribution in [-0.4, -0.2) is 13.6 Å². The molecule has 90 valence electrons. The van der Waals surface area contributed by atoms with E-state index in [1.165, 1.54) is 26.9 Å². The number of methoxy groups -OCH3 is 1. The fourth-order valence-electron chi connectivity index (χ4n) is 1.20. The van der Waals surface area contributed by atoms with Gasteiger partial charge in [-0.1, -0.05) is 30.3 Å². The lowest BCUT2D eigenvalue weighted by Crippen LogP contribution is -1.68. The zero-order valence-electron chi connectivity index (χ0n) is 9.64. The molecule has 1 aromatic carbocycles.